The summed E-state index contributed by atoms with van der Waals surface area (Å²) in [7, 11) is 0. The Bertz CT molecular complexity index is 284. The molecule has 0 aromatic rings. The number of piperidine rings is 1. The number of quaternary nitrogens is 1. The number of ketones is 1. The molecular formula is C15H29N2O+. The monoisotopic (exact) mass is 253 g/mol. The molecule has 1 saturated heterocycles. The molecule has 3 N–H and O–H groups in total. The summed E-state index contributed by atoms with van der Waals surface area (Å²) in [4.78, 5) is 13.7. The number of carbonyl (C=O) groups excluding carboxylic acids is 1. The van der Waals surface area contributed by atoms with E-state index in [0.717, 1.165) is 25.3 Å². The molecule has 3 nitrogen and oxygen atoms in total. The van der Waals surface area contributed by atoms with Crippen LogP contribution in [0.2, 0.25) is 0 Å². The SMILES string of the molecule is CC1CCC(C(=O)C[NH+]2CCCC(C)C2N)CC1. The fourth-order valence-corrected chi connectivity index (χ4v) is 3.56. The van der Waals surface area contributed by atoms with Gasteiger partial charge >= 0.3 is 0 Å². The first kappa shape index (κ1) is 14.0. The number of hydrogen-bond donors (Lipinski definition) is 2. The van der Waals surface area contributed by atoms with Gasteiger partial charge < -0.3 is 4.90 Å². The van der Waals surface area contributed by atoms with Crippen LogP contribution in [0.25, 0.3) is 0 Å². The van der Waals surface area contributed by atoms with Crippen molar-refractivity contribution >= 4 is 5.78 Å². The molecule has 3 heteroatoms. The van der Waals surface area contributed by atoms with Crippen LogP contribution in [-0.4, -0.2) is 25.0 Å². The van der Waals surface area contributed by atoms with E-state index in [1.54, 1.807) is 0 Å². The van der Waals surface area contributed by atoms with Gasteiger partial charge in [-0.3, -0.25) is 10.5 Å². The quantitative estimate of drug-likeness (QED) is 0.788. The third kappa shape index (κ3) is 3.33. The lowest BCUT2D eigenvalue weighted by Crippen LogP contribution is -3.19. The maximum absolute atomic E-state index is 12.3. The van der Waals surface area contributed by atoms with Crippen LogP contribution in [0.3, 0.4) is 0 Å². The van der Waals surface area contributed by atoms with Crippen molar-refractivity contribution in [3.8, 4) is 0 Å². The van der Waals surface area contributed by atoms with Crippen LogP contribution < -0.4 is 10.6 Å². The fraction of sp³-hybridized carbons (Fsp3) is 0.933. The zero-order valence-corrected chi connectivity index (χ0v) is 12.0. The summed E-state index contributed by atoms with van der Waals surface area (Å²) in [6.45, 7) is 6.27. The Morgan fingerprint density at radius 1 is 1.17 bits per heavy atom. The van der Waals surface area contributed by atoms with Crippen LogP contribution in [0.5, 0.6) is 0 Å². The Hall–Kier alpha value is -0.410. The lowest BCUT2D eigenvalue weighted by Gasteiger charge is -2.35. The highest BCUT2D eigenvalue weighted by molar-refractivity contribution is 5.82. The number of nitrogens with one attached hydrogen (secondary N) is 1. The van der Waals surface area contributed by atoms with E-state index >= 15 is 0 Å². The van der Waals surface area contributed by atoms with E-state index < -0.39 is 0 Å². The minimum atomic E-state index is 0.171. The molecule has 0 amide bonds. The van der Waals surface area contributed by atoms with Gasteiger partial charge in [0.15, 0.2) is 5.78 Å². The molecule has 2 fully saturated rings. The van der Waals surface area contributed by atoms with Crippen LogP contribution in [0.15, 0.2) is 0 Å². The van der Waals surface area contributed by atoms with Gasteiger partial charge in [0.25, 0.3) is 0 Å². The summed E-state index contributed by atoms with van der Waals surface area (Å²) in [5.41, 5.74) is 6.23. The number of likely N-dealkylation sites (tertiary alicyclic amines) is 1. The number of carbonyl (C=O) groups is 1. The summed E-state index contributed by atoms with van der Waals surface area (Å²) in [5, 5.41) is 0. The van der Waals surface area contributed by atoms with Gasteiger partial charge in [-0.1, -0.05) is 26.7 Å². The largest absolute Gasteiger partial charge is 0.314 e. The minimum Gasteiger partial charge on any atom is -0.314 e. The first-order valence-corrected chi connectivity index (χ1v) is 7.70. The molecule has 3 unspecified atom stereocenters. The van der Waals surface area contributed by atoms with E-state index in [0.29, 0.717) is 24.2 Å². The van der Waals surface area contributed by atoms with Gasteiger partial charge in [0.2, 0.25) is 0 Å². The standard InChI is InChI=1S/C15H28N2O/c1-11-5-7-13(8-6-11)14(18)10-17-9-3-4-12(2)15(17)16/h11-13,15H,3-10,16H2,1-2H3/p+1. The number of nitrogens with two attached hydrogens (primary N) is 1. The Balaban J connectivity index is 1.83. The molecule has 3 atom stereocenters. The van der Waals surface area contributed by atoms with Gasteiger partial charge in [-0.25, -0.2) is 0 Å². The Morgan fingerprint density at radius 3 is 2.50 bits per heavy atom. The van der Waals surface area contributed by atoms with Crippen LogP contribution in [-0.2, 0) is 4.79 Å². The second-order valence-electron chi connectivity index (χ2n) is 6.65. The van der Waals surface area contributed by atoms with Crippen LogP contribution in [0.4, 0.5) is 0 Å². The molecule has 1 saturated carbocycles. The average molecular weight is 253 g/mol. The Kier molecular flexibility index (Phi) is 4.79. The molecule has 0 aromatic carbocycles. The molecule has 0 aromatic heterocycles. The van der Waals surface area contributed by atoms with Crippen molar-refractivity contribution in [1.82, 2.24) is 0 Å². The first-order valence-electron chi connectivity index (χ1n) is 7.70. The van der Waals surface area contributed by atoms with Crippen LogP contribution >= 0.6 is 0 Å². The highest BCUT2D eigenvalue weighted by Crippen LogP contribution is 2.28. The van der Waals surface area contributed by atoms with E-state index in [4.69, 9.17) is 5.73 Å². The van der Waals surface area contributed by atoms with E-state index in [2.05, 4.69) is 13.8 Å². The van der Waals surface area contributed by atoms with E-state index in [-0.39, 0.29) is 6.17 Å². The third-order valence-corrected chi connectivity index (χ3v) is 5.11. The van der Waals surface area contributed by atoms with Gasteiger partial charge in [0.05, 0.1) is 6.54 Å². The lowest BCUT2D eigenvalue weighted by molar-refractivity contribution is -0.927. The number of rotatable bonds is 3. The molecule has 1 aliphatic heterocycles. The van der Waals surface area contributed by atoms with E-state index in [1.807, 2.05) is 0 Å². The lowest BCUT2D eigenvalue weighted by atomic mass is 9.80. The highest BCUT2D eigenvalue weighted by Gasteiger charge is 2.33. The molecule has 1 aliphatic carbocycles. The van der Waals surface area contributed by atoms with Gasteiger partial charge in [0, 0.05) is 11.8 Å². The van der Waals surface area contributed by atoms with Crippen molar-refractivity contribution in [3.05, 3.63) is 0 Å². The van der Waals surface area contributed by atoms with Crippen molar-refractivity contribution in [2.75, 3.05) is 13.1 Å². The smallest absolute Gasteiger partial charge is 0.189 e. The highest BCUT2D eigenvalue weighted by atomic mass is 16.1. The zero-order chi connectivity index (χ0) is 13.1. The van der Waals surface area contributed by atoms with Crippen molar-refractivity contribution in [2.45, 2.75) is 58.5 Å². The summed E-state index contributed by atoms with van der Waals surface area (Å²) in [6, 6.07) is 0. The van der Waals surface area contributed by atoms with Crippen molar-refractivity contribution in [3.63, 3.8) is 0 Å². The molecule has 18 heavy (non-hydrogen) atoms. The molecule has 0 spiro atoms. The second kappa shape index (κ2) is 6.16. The molecular weight excluding hydrogens is 224 g/mol. The summed E-state index contributed by atoms with van der Waals surface area (Å²) < 4.78 is 0. The van der Waals surface area contributed by atoms with Gasteiger partial charge in [-0.05, 0) is 31.6 Å². The van der Waals surface area contributed by atoms with Gasteiger partial charge in [-0.15, -0.1) is 0 Å². The van der Waals surface area contributed by atoms with Crippen LogP contribution in [0.1, 0.15) is 52.4 Å². The van der Waals surface area contributed by atoms with E-state index in [1.165, 1.54) is 30.6 Å². The maximum Gasteiger partial charge on any atom is 0.189 e. The Labute approximate surface area is 111 Å². The molecule has 0 bridgehead atoms. The number of Topliss-reactive ketones (excluding diaryl/α,β-unsaturated/α-hetero) is 1. The maximum atomic E-state index is 12.3. The predicted octanol–water partition coefficient (Wildman–Crippen LogP) is 0.981. The van der Waals surface area contributed by atoms with Crippen molar-refractivity contribution in [1.29, 1.82) is 0 Å². The summed E-state index contributed by atoms with van der Waals surface area (Å²) in [6.07, 6.45) is 7.29. The zero-order valence-electron chi connectivity index (χ0n) is 12.0. The van der Waals surface area contributed by atoms with Gasteiger partial charge in [0.1, 0.15) is 12.7 Å². The van der Waals surface area contributed by atoms with Crippen LogP contribution in [0, 0.1) is 17.8 Å². The van der Waals surface area contributed by atoms with Crippen molar-refractivity contribution < 1.29 is 9.69 Å². The fourth-order valence-electron chi connectivity index (χ4n) is 3.56. The molecule has 2 aliphatic rings. The normalized spacial score (nSPS) is 41.6. The molecule has 2 rings (SSSR count). The first-order chi connectivity index (χ1) is 8.58. The third-order valence-electron chi connectivity index (χ3n) is 5.11. The summed E-state index contributed by atoms with van der Waals surface area (Å²) >= 11 is 0. The van der Waals surface area contributed by atoms with Gasteiger partial charge in [-0.2, -0.15) is 0 Å². The van der Waals surface area contributed by atoms with Crippen molar-refractivity contribution in [2.24, 2.45) is 23.5 Å². The average Bonchev–Trinajstić information content (AvgIpc) is 2.36. The second-order valence-corrected chi connectivity index (χ2v) is 6.65. The summed E-state index contributed by atoms with van der Waals surface area (Å²) in [5.74, 6) is 2.19. The molecule has 104 valence electrons. The predicted molar refractivity (Wildman–Crippen MR) is 73.2 cm³/mol. The topological polar surface area (TPSA) is 47.5 Å². The number of hydrogen-bond acceptors (Lipinski definition) is 2. The minimum absolute atomic E-state index is 0.171. The Morgan fingerprint density at radius 2 is 1.83 bits per heavy atom. The molecule has 1 heterocycles. The van der Waals surface area contributed by atoms with E-state index in [9.17, 15) is 4.79 Å². The molecule has 0 radical (unpaired) electrons.